The molecule has 0 aliphatic carbocycles. The lowest BCUT2D eigenvalue weighted by Crippen LogP contribution is -2.42. The molecule has 0 spiro atoms. The zero-order valence-corrected chi connectivity index (χ0v) is 10.6. The number of likely N-dealkylation sites (tertiary alicyclic amines) is 1. The van der Waals surface area contributed by atoms with Gasteiger partial charge in [0.15, 0.2) is 0 Å². The molecular weight excluding hydrogens is 231 g/mol. The highest BCUT2D eigenvalue weighted by atomic mass is 19.1. The first kappa shape index (κ1) is 13.0. The van der Waals surface area contributed by atoms with Gasteiger partial charge in [-0.1, -0.05) is 0 Å². The van der Waals surface area contributed by atoms with Crippen molar-refractivity contribution in [3.63, 3.8) is 0 Å². The van der Waals surface area contributed by atoms with E-state index in [4.69, 9.17) is 5.73 Å². The van der Waals surface area contributed by atoms with E-state index in [0.29, 0.717) is 11.5 Å². The van der Waals surface area contributed by atoms with Crippen molar-refractivity contribution in [1.29, 1.82) is 0 Å². The van der Waals surface area contributed by atoms with Crippen LogP contribution in [0.4, 0.5) is 4.39 Å². The van der Waals surface area contributed by atoms with Crippen LogP contribution in [0.1, 0.15) is 30.1 Å². The first-order valence-electron chi connectivity index (χ1n) is 6.38. The minimum Gasteiger partial charge on any atom is -0.339 e. The maximum atomic E-state index is 12.8. The van der Waals surface area contributed by atoms with Crippen molar-refractivity contribution in [2.24, 2.45) is 11.7 Å². The molecule has 4 heteroatoms. The van der Waals surface area contributed by atoms with Crippen LogP contribution in [-0.2, 0) is 0 Å². The number of nitrogens with two attached hydrogens (primary N) is 1. The van der Waals surface area contributed by atoms with Gasteiger partial charge in [-0.2, -0.15) is 0 Å². The molecule has 1 heterocycles. The van der Waals surface area contributed by atoms with Crippen LogP contribution in [0.15, 0.2) is 24.3 Å². The molecule has 1 aliphatic heterocycles. The third-order valence-corrected chi connectivity index (χ3v) is 3.66. The molecule has 0 aromatic heterocycles. The van der Waals surface area contributed by atoms with Gasteiger partial charge in [-0.15, -0.1) is 0 Å². The Morgan fingerprint density at radius 2 is 1.89 bits per heavy atom. The molecule has 1 aliphatic rings. The normalized spacial score (nSPS) is 18.7. The molecule has 1 unspecified atom stereocenters. The van der Waals surface area contributed by atoms with Crippen molar-refractivity contribution in [3.8, 4) is 0 Å². The second kappa shape index (κ2) is 5.48. The van der Waals surface area contributed by atoms with Crippen LogP contribution in [0, 0.1) is 11.7 Å². The average molecular weight is 250 g/mol. The van der Waals surface area contributed by atoms with Crippen molar-refractivity contribution in [2.45, 2.75) is 25.8 Å². The van der Waals surface area contributed by atoms with Gasteiger partial charge in [-0.05, 0) is 49.9 Å². The standard InChI is InChI=1S/C14H19FN2O/c1-10(16)11-6-8-17(9-7-11)14(18)12-2-4-13(15)5-3-12/h2-5,10-11H,6-9,16H2,1H3. The highest BCUT2D eigenvalue weighted by Crippen LogP contribution is 2.21. The van der Waals surface area contributed by atoms with Crippen LogP contribution in [0.3, 0.4) is 0 Å². The predicted molar refractivity (Wildman–Crippen MR) is 68.7 cm³/mol. The number of hydrogen-bond acceptors (Lipinski definition) is 2. The molecule has 2 N–H and O–H groups in total. The fourth-order valence-corrected chi connectivity index (χ4v) is 2.40. The molecule has 1 atom stereocenters. The summed E-state index contributed by atoms with van der Waals surface area (Å²) < 4.78 is 12.8. The Morgan fingerprint density at radius 3 is 2.39 bits per heavy atom. The van der Waals surface area contributed by atoms with E-state index in [1.54, 1.807) is 0 Å². The minimum atomic E-state index is -0.317. The number of hydrogen-bond donors (Lipinski definition) is 1. The number of carbonyl (C=O) groups is 1. The van der Waals surface area contributed by atoms with Crippen LogP contribution in [0.2, 0.25) is 0 Å². The highest BCUT2D eigenvalue weighted by Gasteiger charge is 2.25. The molecular formula is C14H19FN2O. The van der Waals surface area contributed by atoms with Crippen LogP contribution >= 0.6 is 0 Å². The lowest BCUT2D eigenvalue weighted by Gasteiger charge is -2.33. The van der Waals surface area contributed by atoms with Crippen molar-refractivity contribution in [2.75, 3.05) is 13.1 Å². The van der Waals surface area contributed by atoms with E-state index >= 15 is 0 Å². The molecule has 0 saturated carbocycles. The summed E-state index contributed by atoms with van der Waals surface area (Å²) in [5.41, 5.74) is 6.42. The summed E-state index contributed by atoms with van der Waals surface area (Å²) in [7, 11) is 0. The molecule has 1 aromatic rings. The Bertz CT molecular complexity index is 408. The van der Waals surface area contributed by atoms with Crippen LogP contribution in [-0.4, -0.2) is 29.9 Å². The van der Waals surface area contributed by atoms with Gasteiger partial charge < -0.3 is 10.6 Å². The maximum absolute atomic E-state index is 12.8. The summed E-state index contributed by atoms with van der Waals surface area (Å²) in [6.07, 6.45) is 1.90. The first-order valence-corrected chi connectivity index (χ1v) is 6.38. The summed E-state index contributed by atoms with van der Waals surface area (Å²) in [6.45, 7) is 3.49. The number of halogens is 1. The molecule has 1 saturated heterocycles. The summed E-state index contributed by atoms with van der Waals surface area (Å²) in [5.74, 6) is 0.169. The Balaban J connectivity index is 1.97. The lowest BCUT2D eigenvalue weighted by molar-refractivity contribution is 0.0681. The Kier molecular flexibility index (Phi) is 3.97. The highest BCUT2D eigenvalue weighted by molar-refractivity contribution is 5.94. The van der Waals surface area contributed by atoms with Crippen molar-refractivity contribution in [1.82, 2.24) is 4.90 Å². The molecule has 0 radical (unpaired) electrons. The largest absolute Gasteiger partial charge is 0.339 e. The smallest absolute Gasteiger partial charge is 0.253 e. The van der Waals surface area contributed by atoms with Crippen LogP contribution < -0.4 is 5.73 Å². The quantitative estimate of drug-likeness (QED) is 0.873. The molecule has 3 nitrogen and oxygen atoms in total. The topological polar surface area (TPSA) is 46.3 Å². The summed E-state index contributed by atoms with van der Waals surface area (Å²) in [4.78, 5) is 14.0. The number of rotatable bonds is 2. The van der Waals surface area contributed by atoms with Crippen molar-refractivity contribution in [3.05, 3.63) is 35.6 Å². The molecule has 98 valence electrons. The third-order valence-electron chi connectivity index (χ3n) is 3.66. The van der Waals surface area contributed by atoms with E-state index in [1.165, 1.54) is 24.3 Å². The zero-order chi connectivity index (χ0) is 13.1. The van der Waals surface area contributed by atoms with Gasteiger partial charge in [-0.25, -0.2) is 4.39 Å². The molecule has 1 aromatic carbocycles. The summed E-state index contributed by atoms with van der Waals surface area (Å²) in [6, 6.07) is 5.90. The first-order chi connectivity index (χ1) is 8.58. The van der Waals surface area contributed by atoms with Gasteiger partial charge in [-0.3, -0.25) is 4.79 Å². The lowest BCUT2D eigenvalue weighted by atomic mass is 9.90. The van der Waals surface area contributed by atoms with E-state index < -0.39 is 0 Å². The fourth-order valence-electron chi connectivity index (χ4n) is 2.40. The van der Waals surface area contributed by atoms with Crippen LogP contribution in [0.25, 0.3) is 0 Å². The minimum absolute atomic E-state index is 0.0156. The van der Waals surface area contributed by atoms with E-state index in [0.717, 1.165) is 25.9 Å². The summed E-state index contributed by atoms with van der Waals surface area (Å²) >= 11 is 0. The second-order valence-corrected chi connectivity index (χ2v) is 5.00. The summed E-state index contributed by atoms with van der Waals surface area (Å²) in [5, 5.41) is 0. The van der Waals surface area contributed by atoms with E-state index in [9.17, 15) is 9.18 Å². The third kappa shape index (κ3) is 2.88. The predicted octanol–water partition coefficient (Wildman–Crippen LogP) is 2.03. The van der Waals surface area contributed by atoms with Gasteiger partial charge in [0.2, 0.25) is 0 Å². The molecule has 2 rings (SSSR count). The average Bonchev–Trinajstić information content (AvgIpc) is 2.39. The van der Waals surface area contributed by atoms with Crippen LogP contribution in [0.5, 0.6) is 0 Å². The van der Waals surface area contributed by atoms with Crippen molar-refractivity contribution >= 4 is 5.91 Å². The number of piperidine rings is 1. The van der Waals surface area contributed by atoms with Gasteiger partial charge in [0.25, 0.3) is 5.91 Å². The van der Waals surface area contributed by atoms with E-state index in [1.807, 2.05) is 11.8 Å². The maximum Gasteiger partial charge on any atom is 0.253 e. The number of carbonyl (C=O) groups excluding carboxylic acids is 1. The van der Waals surface area contributed by atoms with Gasteiger partial charge in [0.1, 0.15) is 5.82 Å². The number of amides is 1. The van der Waals surface area contributed by atoms with Gasteiger partial charge in [0.05, 0.1) is 0 Å². The monoisotopic (exact) mass is 250 g/mol. The SMILES string of the molecule is CC(N)C1CCN(C(=O)c2ccc(F)cc2)CC1. The fraction of sp³-hybridized carbons (Fsp3) is 0.500. The molecule has 1 amide bonds. The Labute approximate surface area is 107 Å². The van der Waals surface area contributed by atoms with Gasteiger partial charge in [0, 0.05) is 24.7 Å². The van der Waals surface area contributed by atoms with E-state index in [2.05, 4.69) is 0 Å². The van der Waals surface area contributed by atoms with E-state index in [-0.39, 0.29) is 17.8 Å². The Hall–Kier alpha value is -1.42. The van der Waals surface area contributed by atoms with Gasteiger partial charge >= 0.3 is 0 Å². The Morgan fingerprint density at radius 1 is 1.33 bits per heavy atom. The molecule has 1 fully saturated rings. The molecule has 0 bridgehead atoms. The molecule has 18 heavy (non-hydrogen) atoms. The number of benzene rings is 1. The number of nitrogens with zero attached hydrogens (tertiary/aromatic N) is 1. The zero-order valence-electron chi connectivity index (χ0n) is 10.6. The van der Waals surface area contributed by atoms with Crippen molar-refractivity contribution < 1.29 is 9.18 Å². The second-order valence-electron chi connectivity index (χ2n) is 5.00.